The van der Waals surface area contributed by atoms with E-state index in [9.17, 15) is 0 Å². The molecule has 0 saturated heterocycles. The molecule has 0 heterocycles. The number of fused-ring (bicyclic) bond motifs is 6. The molecule has 280 valence electrons. The summed E-state index contributed by atoms with van der Waals surface area (Å²) in [5, 5.41) is 0. The highest BCUT2D eigenvalue weighted by Gasteiger charge is 2.63. The minimum Gasteiger partial charge on any atom is -0.310 e. The maximum Gasteiger partial charge on any atom is 0.0629 e. The van der Waals surface area contributed by atoms with Gasteiger partial charge in [0.05, 0.1) is 6.85 Å². The van der Waals surface area contributed by atoms with Gasteiger partial charge in [-0.1, -0.05) is 103 Å². The van der Waals surface area contributed by atoms with Gasteiger partial charge in [0.25, 0.3) is 0 Å². The fourth-order valence-electron chi connectivity index (χ4n) is 16.2. The van der Waals surface area contributed by atoms with Crippen molar-refractivity contribution in [3.63, 3.8) is 0 Å². The Kier molecular flexibility index (Phi) is 5.54. The van der Waals surface area contributed by atoms with Crippen molar-refractivity contribution in [1.29, 1.82) is 0 Å². The standard InChI is InChI=1S/C56H51N/c1-2-8-38(9-3-1)39-14-16-44(17-15-39)57(45-18-20-49-47-10-4-6-12-51(47)55(53(49)32-45)40-24-34-22-35(26-40)27-41(55)25-34)46-19-21-50-48-11-5-7-13-52(48)56(54(50)33-46)42-28-36-23-37(30-42)31-43(56)29-36/h1-21,32-37,40-43H,22-31H2/i1D,2D,3D,8D,9D. The van der Waals surface area contributed by atoms with Crippen LogP contribution >= 0.6 is 0 Å². The monoisotopic (exact) mass is 742 g/mol. The maximum absolute atomic E-state index is 8.77. The molecule has 0 aromatic heterocycles. The predicted molar refractivity (Wildman–Crippen MR) is 233 cm³/mol. The van der Waals surface area contributed by atoms with Crippen molar-refractivity contribution in [2.45, 2.75) is 75.0 Å². The third-order valence-corrected chi connectivity index (χ3v) is 17.5. The van der Waals surface area contributed by atoms with Crippen molar-refractivity contribution in [1.82, 2.24) is 0 Å². The SMILES string of the molecule is [2H]c1c([2H])c([2H])c(-c2ccc(N(c3ccc4c(c3)C3(c5ccccc5-4)C4CC5CC(C4)CC3C5)c3ccc4c(c3)C3(c5ccccc5-4)C4CC5CC(C4)CC3C5)cc2)c([2H])c1[2H]. The molecule has 8 bridgehead atoms. The molecule has 0 radical (unpaired) electrons. The van der Waals surface area contributed by atoms with Crippen LogP contribution < -0.4 is 4.90 Å². The molecule has 57 heavy (non-hydrogen) atoms. The highest BCUT2D eigenvalue weighted by atomic mass is 15.1. The molecule has 10 aliphatic carbocycles. The van der Waals surface area contributed by atoms with Crippen molar-refractivity contribution in [3.05, 3.63) is 162 Å². The zero-order valence-corrected chi connectivity index (χ0v) is 32.5. The minimum atomic E-state index is -0.363. The highest BCUT2D eigenvalue weighted by Crippen LogP contribution is 2.71. The molecule has 2 spiro atoms. The molecule has 0 aliphatic heterocycles. The first-order chi connectivity index (χ1) is 30.2. The summed E-state index contributed by atoms with van der Waals surface area (Å²) >= 11 is 0. The van der Waals surface area contributed by atoms with Crippen molar-refractivity contribution < 1.29 is 6.85 Å². The third kappa shape index (κ3) is 4.12. The molecule has 1 nitrogen and oxygen atoms in total. The van der Waals surface area contributed by atoms with Gasteiger partial charge in [0.2, 0.25) is 0 Å². The van der Waals surface area contributed by atoms with Crippen LogP contribution in [0.3, 0.4) is 0 Å². The summed E-state index contributed by atoms with van der Waals surface area (Å²) in [4.78, 5) is 2.48. The molecular formula is C56H51N. The van der Waals surface area contributed by atoms with Crippen molar-refractivity contribution >= 4 is 17.1 Å². The Hall–Kier alpha value is -4.88. The number of benzene rings is 6. The Morgan fingerprint density at radius 2 is 0.789 bits per heavy atom. The van der Waals surface area contributed by atoms with E-state index in [1.165, 1.54) is 97.6 Å². The summed E-state index contributed by atoms with van der Waals surface area (Å²) in [7, 11) is 0. The minimum absolute atomic E-state index is 0.0376. The van der Waals surface area contributed by atoms with Gasteiger partial charge in [0.1, 0.15) is 0 Å². The summed E-state index contributed by atoms with van der Waals surface area (Å²) in [5.74, 6) is 6.13. The Balaban J connectivity index is 0.973. The van der Waals surface area contributed by atoms with Crippen molar-refractivity contribution in [3.8, 4) is 33.4 Å². The Morgan fingerprint density at radius 3 is 1.25 bits per heavy atom. The smallest absolute Gasteiger partial charge is 0.0629 e. The van der Waals surface area contributed by atoms with E-state index in [4.69, 9.17) is 6.85 Å². The summed E-state index contributed by atoms with van der Waals surface area (Å²) in [6.07, 6.45) is 13.6. The molecule has 16 rings (SSSR count). The molecule has 0 atom stereocenters. The fraction of sp³-hybridized carbons (Fsp3) is 0.357. The van der Waals surface area contributed by atoms with E-state index in [1.54, 1.807) is 11.1 Å². The van der Waals surface area contributed by atoms with Crippen molar-refractivity contribution in [2.75, 3.05) is 4.90 Å². The molecule has 0 N–H and O–H groups in total. The zero-order chi connectivity index (χ0) is 41.4. The summed E-state index contributed by atoms with van der Waals surface area (Å²) in [5.41, 5.74) is 16.1. The molecule has 8 fully saturated rings. The quantitative estimate of drug-likeness (QED) is 0.174. The van der Waals surface area contributed by atoms with E-state index in [2.05, 4.69) is 102 Å². The van der Waals surface area contributed by atoms with Gasteiger partial charge in [0.15, 0.2) is 0 Å². The first kappa shape index (κ1) is 27.7. The molecule has 0 unspecified atom stereocenters. The van der Waals surface area contributed by atoms with Crippen LogP contribution in [0.15, 0.2) is 139 Å². The van der Waals surface area contributed by atoms with Crippen molar-refractivity contribution in [2.24, 2.45) is 47.3 Å². The van der Waals surface area contributed by atoms with E-state index in [0.29, 0.717) is 29.2 Å². The molecule has 6 aromatic carbocycles. The lowest BCUT2D eigenvalue weighted by Gasteiger charge is -2.61. The number of nitrogens with zero attached hydrogens (tertiary/aromatic N) is 1. The van der Waals surface area contributed by atoms with Crippen LogP contribution in [0.25, 0.3) is 33.4 Å². The summed E-state index contributed by atoms with van der Waals surface area (Å²) in [6.45, 7) is 0. The molecule has 6 aromatic rings. The lowest BCUT2D eigenvalue weighted by atomic mass is 9.43. The third-order valence-electron chi connectivity index (χ3n) is 17.5. The summed E-state index contributed by atoms with van der Waals surface area (Å²) < 4.78 is 42.6. The average molecular weight is 743 g/mol. The Bertz CT molecular complexity index is 2690. The number of rotatable bonds is 4. The van der Waals surface area contributed by atoms with Crippen LogP contribution in [0.4, 0.5) is 17.1 Å². The first-order valence-corrected chi connectivity index (χ1v) is 22.2. The average Bonchev–Trinajstić information content (AvgIpc) is 3.74. The second kappa shape index (κ2) is 11.4. The van der Waals surface area contributed by atoms with E-state index in [1.807, 2.05) is 12.1 Å². The second-order valence-corrected chi connectivity index (χ2v) is 19.8. The first-order valence-electron chi connectivity index (χ1n) is 24.7. The lowest BCUT2D eigenvalue weighted by Crippen LogP contribution is -2.55. The van der Waals surface area contributed by atoms with Crippen LogP contribution in [0.5, 0.6) is 0 Å². The van der Waals surface area contributed by atoms with Crippen LogP contribution in [0.1, 0.15) is 93.3 Å². The largest absolute Gasteiger partial charge is 0.310 e. The van der Waals surface area contributed by atoms with Crippen LogP contribution in [-0.2, 0) is 10.8 Å². The Morgan fingerprint density at radius 1 is 0.386 bits per heavy atom. The highest BCUT2D eigenvalue weighted by molar-refractivity contribution is 5.89. The Labute approximate surface area is 345 Å². The lowest BCUT2D eigenvalue weighted by molar-refractivity contribution is -0.0399. The van der Waals surface area contributed by atoms with E-state index >= 15 is 0 Å². The van der Waals surface area contributed by atoms with Gasteiger partial charge in [-0.3, -0.25) is 0 Å². The normalized spacial score (nSPS) is 35.0. The summed E-state index contributed by atoms with van der Waals surface area (Å²) in [6, 6.07) is 40.3. The predicted octanol–water partition coefficient (Wildman–Crippen LogP) is 14.3. The molecule has 0 amide bonds. The zero-order valence-electron chi connectivity index (χ0n) is 37.5. The van der Waals surface area contributed by atoms with Gasteiger partial charge in [-0.05, 0) is 204 Å². The van der Waals surface area contributed by atoms with Crippen LogP contribution in [0, 0.1) is 47.3 Å². The number of anilines is 3. The van der Waals surface area contributed by atoms with Gasteiger partial charge in [0, 0.05) is 27.9 Å². The van der Waals surface area contributed by atoms with Gasteiger partial charge < -0.3 is 4.90 Å². The number of hydrogen-bond donors (Lipinski definition) is 0. The van der Waals surface area contributed by atoms with E-state index < -0.39 is 0 Å². The van der Waals surface area contributed by atoms with Crippen LogP contribution in [0.2, 0.25) is 0 Å². The topological polar surface area (TPSA) is 3.24 Å². The second-order valence-electron chi connectivity index (χ2n) is 19.8. The number of hydrogen-bond acceptors (Lipinski definition) is 1. The van der Waals surface area contributed by atoms with E-state index in [0.717, 1.165) is 40.7 Å². The molecule has 8 saturated carbocycles. The molecular weight excluding hydrogens is 687 g/mol. The van der Waals surface area contributed by atoms with Gasteiger partial charge in [-0.2, -0.15) is 0 Å². The van der Waals surface area contributed by atoms with E-state index in [-0.39, 0.29) is 46.6 Å². The van der Waals surface area contributed by atoms with Gasteiger partial charge >= 0.3 is 0 Å². The fourth-order valence-corrected chi connectivity index (χ4v) is 16.2. The molecule has 10 aliphatic rings. The molecule has 1 heteroatoms. The van der Waals surface area contributed by atoms with Crippen LogP contribution in [-0.4, -0.2) is 0 Å². The van der Waals surface area contributed by atoms with Gasteiger partial charge in [-0.15, -0.1) is 0 Å². The van der Waals surface area contributed by atoms with Gasteiger partial charge in [-0.25, -0.2) is 0 Å². The maximum atomic E-state index is 8.77.